The lowest BCUT2D eigenvalue weighted by molar-refractivity contribution is 0.0937. The van der Waals surface area contributed by atoms with Crippen LogP contribution in [0.5, 0.6) is 5.75 Å². The van der Waals surface area contributed by atoms with Crippen LogP contribution in [0.2, 0.25) is 0 Å². The van der Waals surface area contributed by atoms with Crippen LogP contribution in [0.15, 0.2) is 40.2 Å². The number of rotatable bonds is 3. The van der Waals surface area contributed by atoms with Gasteiger partial charge in [0.05, 0.1) is 15.2 Å². The van der Waals surface area contributed by atoms with Crippen molar-refractivity contribution in [3.05, 3.63) is 50.6 Å². The fourth-order valence-electron chi connectivity index (χ4n) is 2.10. The van der Waals surface area contributed by atoms with Gasteiger partial charge in [0.25, 0.3) is 5.91 Å². The monoisotopic (exact) mass is 337 g/mol. The molecular weight excluding hydrogens is 326 g/mol. The molecule has 1 aromatic heterocycles. The zero-order valence-corrected chi connectivity index (χ0v) is 12.5. The van der Waals surface area contributed by atoms with Gasteiger partial charge in [0.15, 0.2) is 0 Å². The van der Waals surface area contributed by atoms with Crippen molar-refractivity contribution >= 4 is 33.2 Å². The Morgan fingerprint density at radius 2 is 2.21 bits per heavy atom. The molecule has 0 bridgehead atoms. The van der Waals surface area contributed by atoms with Crippen molar-refractivity contribution in [2.45, 2.75) is 12.5 Å². The van der Waals surface area contributed by atoms with Gasteiger partial charge in [-0.05, 0) is 39.7 Å². The molecule has 0 saturated carbocycles. The summed E-state index contributed by atoms with van der Waals surface area (Å²) in [5.41, 5.74) is 1.21. The molecule has 0 saturated heterocycles. The average molecular weight is 338 g/mol. The van der Waals surface area contributed by atoms with E-state index in [9.17, 15) is 4.79 Å². The first kappa shape index (κ1) is 12.7. The molecule has 1 aromatic carbocycles. The van der Waals surface area contributed by atoms with E-state index in [2.05, 4.69) is 27.3 Å². The minimum Gasteiger partial charge on any atom is -0.488 e. The van der Waals surface area contributed by atoms with E-state index in [1.807, 2.05) is 30.3 Å². The van der Waals surface area contributed by atoms with Crippen LogP contribution in [-0.2, 0) is 6.42 Å². The second kappa shape index (κ2) is 5.35. The van der Waals surface area contributed by atoms with Crippen LogP contribution >= 0.6 is 27.3 Å². The Hall–Kier alpha value is -1.33. The number of amides is 1. The molecule has 3 rings (SSSR count). The molecule has 1 N–H and O–H groups in total. The molecule has 1 aliphatic rings. The number of hydrogen-bond donors (Lipinski definition) is 1. The highest BCUT2D eigenvalue weighted by Gasteiger charge is 2.22. The maximum atomic E-state index is 11.9. The lowest BCUT2D eigenvalue weighted by Crippen LogP contribution is -2.34. The van der Waals surface area contributed by atoms with Gasteiger partial charge in [-0.1, -0.05) is 18.2 Å². The zero-order chi connectivity index (χ0) is 13.2. The van der Waals surface area contributed by atoms with E-state index in [1.54, 1.807) is 0 Å². The van der Waals surface area contributed by atoms with Gasteiger partial charge in [-0.2, -0.15) is 0 Å². The van der Waals surface area contributed by atoms with E-state index < -0.39 is 0 Å². The summed E-state index contributed by atoms with van der Waals surface area (Å²) in [5.74, 6) is 0.885. The van der Waals surface area contributed by atoms with Crippen LogP contribution in [0.4, 0.5) is 0 Å². The summed E-state index contributed by atoms with van der Waals surface area (Å²) >= 11 is 4.78. The zero-order valence-electron chi connectivity index (χ0n) is 10.1. The molecule has 5 heteroatoms. The molecule has 2 aromatic rings. The summed E-state index contributed by atoms with van der Waals surface area (Å²) in [4.78, 5) is 12.6. The SMILES string of the molecule is O=C(NC[C@@H]1Cc2ccccc2O1)c1ccc(Br)s1. The van der Waals surface area contributed by atoms with Crippen molar-refractivity contribution in [1.29, 1.82) is 0 Å². The fourth-order valence-corrected chi connectivity index (χ4v) is 3.40. The van der Waals surface area contributed by atoms with Crippen molar-refractivity contribution in [2.75, 3.05) is 6.54 Å². The van der Waals surface area contributed by atoms with Gasteiger partial charge in [-0.25, -0.2) is 0 Å². The second-order valence-corrected chi connectivity index (χ2v) is 6.83. The first-order valence-electron chi connectivity index (χ1n) is 6.00. The van der Waals surface area contributed by atoms with Gasteiger partial charge in [-0.3, -0.25) is 4.79 Å². The van der Waals surface area contributed by atoms with Crippen molar-refractivity contribution in [2.24, 2.45) is 0 Å². The third kappa shape index (κ3) is 2.82. The summed E-state index contributed by atoms with van der Waals surface area (Å²) in [6, 6.07) is 11.7. The number of hydrogen-bond acceptors (Lipinski definition) is 3. The maximum Gasteiger partial charge on any atom is 0.261 e. The first-order valence-corrected chi connectivity index (χ1v) is 7.61. The van der Waals surface area contributed by atoms with Crippen LogP contribution < -0.4 is 10.1 Å². The predicted molar refractivity (Wildman–Crippen MR) is 78.9 cm³/mol. The Kier molecular flexibility index (Phi) is 3.57. The molecule has 0 unspecified atom stereocenters. The molecule has 1 amide bonds. The standard InChI is InChI=1S/C14H12BrNO2S/c15-13-6-5-12(19-13)14(17)16-8-10-7-9-3-1-2-4-11(9)18-10/h1-6,10H,7-8H2,(H,16,17)/t10-/m0/s1. The summed E-state index contributed by atoms with van der Waals surface area (Å²) in [6.07, 6.45) is 0.884. The van der Waals surface area contributed by atoms with Gasteiger partial charge in [0, 0.05) is 6.42 Å². The number of fused-ring (bicyclic) bond motifs is 1. The fraction of sp³-hybridized carbons (Fsp3) is 0.214. The summed E-state index contributed by atoms with van der Waals surface area (Å²) in [7, 11) is 0. The van der Waals surface area contributed by atoms with Gasteiger partial charge in [0.1, 0.15) is 11.9 Å². The molecule has 3 nitrogen and oxygen atoms in total. The molecule has 0 spiro atoms. The number of ether oxygens (including phenoxy) is 1. The Bertz CT molecular complexity index is 586. The molecule has 1 atom stereocenters. The largest absolute Gasteiger partial charge is 0.488 e. The van der Waals surface area contributed by atoms with Crippen molar-refractivity contribution < 1.29 is 9.53 Å². The van der Waals surface area contributed by atoms with Crippen LogP contribution in [0.25, 0.3) is 0 Å². The molecule has 0 radical (unpaired) electrons. The molecular formula is C14H12BrNO2S. The quantitative estimate of drug-likeness (QED) is 0.933. The van der Waals surface area contributed by atoms with E-state index in [1.165, 1.54) is 16.9 Å². The van der Waals surface area contributed by atoms with E-state index in [4.69, 9.17) is 4.74 Å². The lowest BCUT2D eigenvalue weighted by Gasteiger charge is -2.11. The van der Waals surface area contributed by atoms with Gasteiger partial charge >= 0.3 is 0 Å². The molecule has 0 aliphatic carbocycles. The van der Waals surface area contributed by atoms with Crippen LogP contribution in [0.1, 0.15) is 15.2 Å². The molecule has 19 heavy (non-hydrogen) atoms. The van der Waals surface area contributed by atoms with Crippen molar-refractivity contribution in [3.63, 3.8) is 0 Å². The highest BCUT2D eigenvalue weighted by Crippen LogP contribution is 2.28. The normalized spacial score (nSPS) is 16.8. The number of carbonyl (C=O) groups excluding carboxylic acids is 1. The van der Waals surface area contributed by atoms with E-state index in [0.717, 1.165) is 16.0 Å². The van der Waals surface area contributed by atoms with E-state index in [-0.39, 0.29) is 12.0 Å². The van der Waals surface area contributed by atoms with E-state index in [0.29, 0.717) is 11.4 Å². The summed E-state index contributed by atoms with van der Waals surface area (Å²) < 4.78 is 6.74. The number of halogens is 1. The average Bonchev–Trinajstić information content (AvgIpc) is 3.01. The molecule has 98 valence electrons. The molecule has 2 heterocycles. The minimum atomic E-state index is -0.0461. The lowest BCUT2D eigenvalue weighted by atomic mass is 10.1. The predicted octanol–water partition coefficient (Wildman–Crippen LogP) is 3.24. The Balaban J connectivity index is 1.56. The highest BCUT2D eigenvalue weighted by atomic mass is 79.9. The Labute approximate surface area is 123 Å². The van der Waals surface area contributed by atoms with Crippen molar-refractivity contribution in [3.8, 4) is 5.75 Å². The van der Waals surface area contributed by atoms with Crippen molar-refractivity contribution in [1.82, 2.24) is 5.32 Å². The number of carbonyl (C=O) groups is 1. The van der Waals surface area contributed by atoms with Crippen LogP contribution in [0.3, 0.4) is 0 Å². The maximum absolute atomic E-state index is 11.9. The number of para-hydroxylation sites is 1. The number of nitrogens with one attached hydrogen (secondary N) is 1. The third-order valence-corrected chi connectivity index (χ3v) is 4.62. The van der Waals surface area contributed by atoms with Crippen LogP contribution in [0, 0.1) is 0 Å². The Morgan fingerprint density at radius 3 is 2.95 bits per heavy atom. The third-order valence-electron chi connectivity index (χ3n) is 3.00. The molecule has 0 fully saturated rings. The highest BCUT2D eigenvalue weighted by molar-refractivity contribution is 9.11. The first-order chi connectivity index (χ1) is 9.22. The second-order valence-electron chi connectivity index (χ2n) is 4.37. The summed E-state index contributed by atoms with van der Waals surface area (Å²) in [5, 5.41) is 2.91. The molecule has 1 aliphatic heterocycles. The van der Waals surface area contributed by atoms with Gasteiger partial charge < -0.3 is 10.1 Å². The van der Waals surface area contributed by atoms with Crippen LogP contribution in [-0.4, -0.2) is 18.6 Å². The number of benzene rings is 1. The Morgan fingerprint density at radius 1 is 1.37 bits per heavy atom. The van der Waals surface area contributed by atoms with Gasteiger partial charge in [0.2, 0.25) is 0 Å². The minimum absolute atomic E-state index is 0.0322. The van der Waals surface area contributed by atoms with Gasteiger partial charge in [-0.15, -0.1) is 11.3 Å². The topological polar surface area (TPSA) is 38.3 Å². The summed E-state index contributed by atoms with van der Waals surface area (Å²) in [6.45, 7) is 0.531. The number of thiophene rings is 1. The van der Waals surface area contributed by atoms with E-state index >= 15 is 0 Å². The smallest absolute Gasteiger partial charge is 0.261 e.